The number of sulfonamides is 1. The Morgan fingerprint density at radius 3 is 2.09 bits per heavy atom. The molecule has 1 aromatic carbocycles. The van der Waals surface area contributed by atoms with Crippen molar-refractivity contribution in [3.63, 3.8) is 0 Å². The van der Waals surface area contributed by atoms with E-state index in [1.165, 1.54) is 0 Å². The maximum Gasteiger partial charge on any atom is 0.251 e. The van der Waals surface area contributed by atoms with Gasteiger partial charge in [0.2, 0.25) is 10.0 Å². The summed E-state index contributed by atoms with van der Waals surface area (Å²) in [6.07, 6.45) is 3.29. The quantitative estimate of drug-likeness (QED) is 0.681. The smallest absolute Gasteiger partial charge is 0.251 e. The summed E-state index contributed by atoms with van der Waals surface area (Å²) >= 11 is 0. The van der Waals surface area contributed by atoms with E-state index < -0.39 is 10.0 Å². The second-order valence-corrected chi connectivity index (χ2v) is 7.30. The van der Waals surface area contributed by atoms with Gasteiger partial charge in [0, 0.05) is 24.3 Å². The van der Waals surface area contributed by atoms with Crippen LogP contribution in [0.1, 0.15) is 37.0 Å². The number of hydrogen-bond acceptors (Lipinski definition) is 4. The van der Waals surface area contributed by atoms with Crippen LogP contribution in [0.3, 0.4) is 0 Å². The van der Waals surface area contributed by atoms with Gasteiger partial charge in [-0.15, -0.1) is 0 Å². The molecule has 0 radical (unpaired) electrons. The van der Waals surface area contributed by atoms with E-state index in [1.807, 2.05) is 0 Å². The first-order chi connectivity index (χ1) is 10.9. The Kier molecular flexibility index (Phi) is 8.05. The summed E-state index contributed by atoms with van der Waals surface area (Å²) in [5, 5.41) is 2.89. The van der Waals surface area contributed by atoms with E-state index in [2.05, 4.69) is 28.8 Å². The molecule has 0 saturated heterocycles. The van der Waals surface area contributed by atoms with Crippen LogP contribution in [0.25, 0.3) is 0 Å². The number of rotatable bonds is 10. The van der Waals surface area contributed by atoms with Crippen LogP contribution in [0, 0.1) is 0 Å². The highest BCUT2D eigenvalue weighted by molar-refractivity contribution is 7.92. The van der Waals surface area contributed by atoms with Crippen LogP contribution in [-0.4, -0.2) is 51.7 Å². The van der Waals surface area contributed by atoms with Crippen LogP contribution in [0.5, 0.6) is 0 Å². The molecule has 0 unspecified atom stereocenters. The third-order valence-corrected chi connectivity index (χ3v) is 3.85. The van der Waals surface area contributed by atoms with Crippen LogP contribution >= 0.6 is 0 Å². The third-order valence-electron chi connectivity index (χ3n) is 3.24. The molecule has 1 aromatic rings. The van der Waals surface area contributed by atoms with Gasteiger partial charge in [-0.05, 0) is 50.2 Å². The monoisotopic (exact) mass is 341 g/mol. The maximum atomic E-state index is 12.1. The lowest BCUT2D eigenvalue weighted by atomic mass is 10.2. The largest absolute Gasteiger partial charge is 0.351 e. The summed E-state index contributed by atoms with van der Waals surface area (Å²) in [4.78, 5) is 14.4. The Hall–Kier alpha value is -1.60. The Labute approximate surface area is 139 Å². The SMILES string of the molecule is CCCN(CCC)CCNC(=O)c1ccc(NS(C)(=O)=O)cc1. The lowest BCUT2D eigenvalue weighted by Gasteiger charge is -2.20. The maximum absolute atomic E-state index is 12.1. The fraction of sp³-hybridized carbons (Fsp3) is 0.562. The molecule has 0 aliphatic carbocycles. The summed E-state index contributed by atoms with van der Waals surface area (Å²) in [5.74, 6) is -0.149. The van der Waals surface area contributed by atoms with Crippen molar-refractivity contribution in [2.45, 2.75) is 26.7 Å². The molecule has 6 nitrogen and oxygen atoms in total. The van der Waals surface area contributed by atoms with Crippen molar-refractivity contribution < 1.29 is 13.2 Å². The fourth-order valence-electron chi connectivity index (χ4n) is 2.30. The highest BCUT2D eigenvalue weighted by atomic mass is 32.2. The molecule has 0 heterocycles. The van der Waals surface area contributed by atoms with Gasteiger partial charge in [-0.1, -0.05) is 13.8 Å². The van der Waals surface area contributed by atoms with Gasteiger partial charge >= 0.3 is 0 Å². The van der Waals surface area contributed by atoms with Gasteiger partial charge in [-0.3, -0.25) is 9.52 Å². The van der Waals surface area contributed by atoms with Crippen LogP contribution < -0.4 is 10.0 Å². The van der Waals surface area contributed by atoms with E-state index in [9.17, 15) is 13.2 Å². The van der Waals surface area contributed by atoms with Gasteiger partial charge in [0.25, 0.3) is 5.91 Å². The molecule has 0 aromatic heterocycles. The van der Waals surface area contributed by atoms with Gasteiger partial charge in [-0.2, -0.15) is 0 Å². The summed E-state index contributed by atoms with van der Waals surface area (Å²) < 4.78 is 24.6. The standard InChI is InChI=1S/C16H27N3O3S/c1-4-11-19(12-5-2)13-10-17-16(20)14-6-8-15(9-7-14)18-23(3,21)22/h6-9,18H,4-5,10-13H2,1-3H3,(H,17,20). The molecule has 0 fully saturated rings. The van der Waals surface area contributed by atoms with Crippen LogP contribution in [-0.2, 0) is 10.0 Å². The zero-order valence-electron chi connectivity index (χ0n) is 14.1. The molecule has 0 bridgehead atoms. The van der Waals surface area contributed by atoms with Gasteiger partial charge in [0.1, 0.15) is 0 Å². The Morgan fingerprint density at radius 2 is 1.61 bits per heavy atom. The van der Waals surface area contributed by atoms with Crippen molar-refractivity contribution >= 4 is 21.6 Å². The minimum absolute atomic E-state index is 0.149. The zero-order chi connectivity index (χ0) is 17.3. The summed E-state index contributed by atoms with van der Waals surface area (Å²) in [6.45, 7) is 7.80. The number of benzene rings is 1. The van der Waals surface area contributed by atoms with Crippen molar-refractivity contribution in [1.82, 2.24) is 10.2 Å². The third kappa shape index (κ3) is 7.99. The van der Waals surface area contributed by atoms with Crippen molar-refractivity contribution in [2.75, 3.05) is 37.2 Å². The predicted molar refractivity (Wildman–Crippen MR) is 94.3 cm³/mol. The lowest BCUT2D eigenvalue weighted by molar-refractivity contribution is 0.0948. The van der Waals surface area contributed by atoms with Crippen LogP contribution in [0.15, 0.2) is 24.3 Å². The summed E-state index contributed by atoms with van der Waals surface area (Å²) in [5.41, 5.74) is 0.961. The molecule has 7 heteroatoms. The molecule has 2 N–H and O–H groups in total. The second kappa shape index (κ2) is 9.52. The topological polar surface area (TPSA) is 78.5 Å². The number of amides is 1. The first kappa shape index (κ1) is 19.4. The fourth-order valence-corrected chi connectivity index (χ4v) is 2.87. The molecule has 0 aliphatic heterocycles. The van der Waals surface area contributed by atoms with Crippen LogP contribution in [0.2, 0.25) is 0 Å². The van der Waals surface area contributed by atoms with Crippen LogP contribution in [0.4, 0.5) is 5.69 Å². The molecule has 0 aliphatic rings. The average molecular weight is 341 g/mol. The van der Waals surface area contributed by atoms with Crippen molar-refractivity contribution in [3.8, 4) is 0 Å². The number of anilines is 1. The molecular weight excluding hydrogens is 314 g/mol. The summed E-state index contributed by atoms with van der Waals surface area (Å²) in [6, 6.07) is 6.38. The van der Waals surface area contributed by atoms with Gasteiger partial charge in [-0.25, -0.2) is 8.42 Å². The van der Waals surface area contributed by atoms with Crippen molar-refractivity contribution in [2.24, 2.45) is 0 Å². The number of hydrogen-bond donors (Lipinski definition) is 2. The van der Waals surface area contributed by atoms with E-state index in [4.69, 9.17) is 0 Å². The molecule has 0 saturated carbocycles. The zero-order valence-corrected chi connectivity index (χ0v) is 14.9. The highest BCUT2D eigenvalue weighted by Crippen LogP contribution is 2.10. The van der Waals surface area contributed by atoms with Gasteiger partial charge < -0.3 is 10.2 Å². The first-order valence-electron chi connectivity index (χ1n) is 7.94. The molecule has 1 rings (SSSR count). The number of nitrogens with zero attached hydrogens (tertiary/aromatic N) is 1. The predicted octanol–water partition coefficient (Wildman–Crippen LogP) is 1.91. The Bertz CT molecular complexity index is 579. The average Bonchev–Trinajstić information content (AvgIpc) is 2.46. The van der Waals surface area contributed by atoms with Crippen molar-refractivity contribution in [1.29, 1.82) is 0 Å². The molecule has 0 spiro atoms. The van der Waals surface area contributed by atoms with Crippen molar-refractivity contribution in [3.05, 3.63) is 29.8 Å². The Balaban J connectivity index is 2.48. The lowest BCUT2D eigenvalue weighted by Crippen LogP contribution is -2.35. The molecule has 23 heavy (non-hydrogen) atoms. The minimum atomic E-state index is -3.30. The molecular formula is C16H27N3O3S. The second-order valence-electron chi connectivity index (χ2n) is 5.55. The number of carbonyl (C=O) groups excluding carboxylic acids is 1. The van der Waals surface area contributed by atoms with E-state index in [0.717, 1.165) is 38.7 Å². The van der Waals surface area contributed by atoms with Gasteiger partial charge in [0.05, 0.1) is 6.26 Å². The molecule has 130 valence electrons. The normalized spacial score (nSPS) is 11.5. The van der Waals surface area contributed by atoms with E-state index in [0.29, 0.717) is 17.8 Å². The Morgan fingerprint density at radius 1 is 1.04 bits per heavy atom. The number of carbonyl (C=O) groups is 1. The summed E-state index contributed by atoms with van der Waals surface area (Å²) in [7, 11) is -3.30. The highest BCUT2D eigenvalue weighted by Gasteiger charge is 2.08. The van der Waals surface area contributed by atoms with E-state index >= 15 is 0 Å². The van der Waals surface area contributed by atoms with E-state index in [-0.39, 0.29) is 5.91 Å². The first-order valence-corrected chi connectivity index (χ1v) is 9.83. The van der Waals surface area contributed by atoms with E-state index in [1.54, 1.807) is 24.3 Å². The molecule has 0 atom stereocenters. The number of nitrogens with one attached hydrogen (secondary N) is 2. The van der Waals surface area contributed by atoms with Gasteiger partial charge in [0.15, 0.2) is 0 Å². The minimum Gasteiger partial charge on any atom is -0.351 e. The molecule has 1 amide bonds.